The van der Waals surface area contributed by atoms with Crippen molar-refractivity contribution in [1.29, 1.82) is 0 Å². The van der Waals surface area contributed by atoms with Crippen LogP contribution in [0.1, 0.15) is 44.5 Å². The van der Waals surface area contributed by atoms with Crippen LogP contribution in [0, 0.1) is 5.92 Å². The molecule has 0 spiro atoms. The number of hydrogen-bond acceptors (Lipinski definition) is 8. The molecule has 1 amide bonds. The first-order valence-electron chi connectivity index (χ1n) is 9.50. The molecular formula is C21H20N2O6S. The lowest BCUT2D eigenvalue weighted by molar-refractivity contribution is -0.119. The summed E-state index contributed by atoms with van der Waals surface area (Å²) >= 11 is 1.38. The summed E-state index contributed by atoms with van der Waals surface area (Å²) in [6, 6.07) is 4.87. The molecule has 2 aromatic heterocycles. The molecule has 4 rings (SSSR count). The van der Waals surface area contributed by atoms with Crippen molar-refractivity contribution in [2.45, 2.75) is 26.2 Å². The molecular weight excluding hydrogens is 408 g/mol. The van der Waals surface area contributed by atoms with Crippen molar-refractivity contribution in [1.82, 2.24) is 4.98 Å². The number of fused-ring (bicyclic) bond motifs is 2. The number of nitrogens with zero attached hydrogens (tertiary/aromatic N) is 1. The summed E-state index contributed by atoms with van der Waals surface area (Å²) in [5.41, 5.74) is 2.38. The molecule has 0 aliphatic heterocycles. The van der Waals surface area contributed by atoms with Gasteiger partial charge in [-0.25, -0.2) is 14.6 Å². The van der Waals surface area contributed by atoms with Gasteiger partial charge in [0.25, 0.3) is 5.91 Å². The molecule has 1 unspecified atom stereocenters. The van der Waals surface area contributed by atoms with Crippen LogP contribution >= 0.6 is 11.3 Å². The Balaban J connectivity index is 1.47. The second kappa shape index (κ2) is 8.27. The van der Waals surface area contributed by atoms with E-state index in [0.29, 0.717) is 27.6 Å². The lowest BCUT2D eigenvalue weighted by atomic mass is 9.88. The second-order valence-corrected chi connectivity index (χ2v) is 8.28. The minimum absolute atomic E-state index is 0.213. The molecule has 0 bridgehead atoms. The Morgan fingerprint density at radius 3 is 2.93 bits per heavy atom. The van der Waals surface area contributed by atoms with Gasteiger partial charge < -0.3 is 19.2 Å². The van der Waals surface area contributed by atoms with Crippen LogP contribution in [-0.2, 0) is 27.1 Å². The number of anilines is 1. The Morgan fingerprint density at radius 2 is 2.13 bits per heavy atom. The van der Waals surface area contributed by atoms with E-state index in [1.165, 1.54) is 24.8 Å². The summed E-state index contributed by atoms with van der Waals surface area (Å²) in [6.07, 6.45) is 3.84. The van der Waals surface area contributed by atoms with E-state index in [1.54, 1.807) is 18.2 Å². The highest BCUT2D eigenvalue weighted by molar-refractivity contribution is 7.17. The van der Waals surface area contributed by atoms with E-state index < -0.39 is 24.5 Å². The molecule has 1 N–H and O–H groups in total. The highest BCUT2D eigenvalue weighted by Crippen LogP contribution is 2.40. The van der Waals surface area contributed by atoms with Crippen LogP contribution in [0.5, 0.6) is 0 Å². The van der Waals surface area contributed by atoms with Crippen molar-refractivity contribution in [3.63, 3.8) is 0 Å². The van der Waals surface area contributed by atoms with Crippen molar-refractivity contribution in [3.8, 4) is 0 Å². The van der Waals surface area contributed by atoms with Crippen LogP contribution in [0.3, 0.4) is 0 Å². The van der Waals surface area contributed by atoms with E-state index in [0.717, 1.165) is 29.7 Å². The zero-order chi connectivity index (χ0) is 21.3. The van der Waals surface area contributed by atoms with Gasteiger partial charge in [0.05, 0.1) is 18.2 Å². The molecule has 9 heteroatoms. The van der Waals surface area contributed by atoms with Gasteiger partial charge in [0.2, 0.25) is 0 Å². The topological polar surface area (TPSA) is 108 Å². The number of amides is 1. The molecule has 156 valence electrons. The van der Waals surface area contributed by atoms with Crippen LogP contribution in [0.2, 0.25) is 0 Å². The number of thiophene rings is 1. The number of para-hydroxylation sites is 1. The number of methoxy groups -OCH3 is 1. The molecule has 1 aliphatic carbocycles. The van der Waals surface area contributed by atoms with E-state index in [2.05, 4.69) is 17.2 Å². The molecule has 2 heterocycles. The lowest BCUT2D eigenvalue weighted by Gasteiger charge is -2.18. The van der Waals surface area contributed by atoms with E-state index in [-0.39, 0.29) is 5.56 Å². The van der Waals surface area contributed by atoms with Crippen molar-refractivity contribution in [2.24, 2.45) is 5.92 Å². The summed E-state index contributed by atoms with van der Waals surface area (Å²) in [7, 11) is 1.32. The predicted molar refractivity (Wildman–Crippen MR) is 110 cm³/mol. The number of rotatable bonds is 5. The largest absolute Gasteiger partial charge is 0.465 e. The van der Waals surface area contributed by atoms with Gasteiger partial charge in [-0.05, 0) is 42.9 Å². The van der Waals surface area contributed by atoms with Crippen LogP contribution < -0.4 is 5.32 Å². The van der Waals surface area contributed by atoms with Crippen LogP contribution in [0.15, 0.2) is 29.0 Å². The van der Waals surface area contributed by atoms with Gasteiger partial charge in [-0.3, -0.25) is 4.79 Å². The highest BCUT2D eigenvalue weighted by atomic mass is 32.1. The number of benzene rings is 1. The van der Waals surface area contributed by atoms with Gasteiger partial charge in [0, 0.05) is 4.88 Å². The summed E-state index contributed by atoms with van der Waals surface area (Å²) in [5, 5.41) is 3.14. The Hall–Kier alpha value is -3.20. The van der Waals surface area contributed by atoms with Gasteiger partial charge in [-0.15, -0.1) is 11.3 Å². The van der Waals surface area contributed by atoms with Gasteiger partial charge in [0.1, 0.15) is 10.5 Å². The quantitative estimate of drug-likeness (QED) is 0.619. The zero-order valence-corrected chi connectivity index (χ0v) is 17.3. The Labute approximate surface area is 176 Å². The predicted octanol–water partition coefficient (Wildman–Crippen LogP) is 3.60. The molecule has 0 fully saturated rings. The van der Waals surface area contributed by atoms with E-state index in [4.69, 9.17) is 13.9 Å². The zero-order valence-electron chi connectivity index (χ0n) is 16.5. The Morgan fingerprint density at radius 1 is 1.30 bits per heavy atom. The van der Waals surface area contributed by atoms with Gasteiger partial charge in [-0.1, -0.05) is 13.0 Å². The number of ether oxygens (including phenoxy) is 2. The van der Waals surface area contributed by atoms with Gasteiger partial charge >= 0.3 is 11.9 Å². The fourth-order valence-corrected chi connectivity index (χ4v) is 4.99. The summed E-state index contributed by atoms with van der Waals surface area (Å²) < 4.78 is 15.2. The van der Waals surface area contributed by atoms with Crippen LogP contribution in [0.25, 0.3) is 11.1 Å². The maximum atomic E-state index is 12.4. The number of hydrogen-bond donors (Lipinski definition) is 1. The molecule has 1 aromatic carbocycles. The smallest absolute Gasteiger partial charge is 0.341 e. The maximum Gasteiger partial charge on any atom is 0.341 e. The fraction of sp³-hybridized carbons (Fsp3) is 0.333. The number of carbonyl (C=O) groups is 3. The third-order valence-electron chi connectivity index (χ3n) is 5.07. The summed E-state index contributed by atoms with van der Waals surface area (Å²) in [4.78, 5) is 42.2. The third kappa shape index (κ3) is 3.80. The first-order valence-corrected chi connectivity index (χ1v) is 10.3. The van der Waals surface area contributed by atoms with E-state index >= 15 is 0 Å². The van der Waals surface area contributed by atoms with Crippen LogP contribution in [-0.4, -0.2) is 36.5 Å². The van der Waals surface area contributed by atoms with Crippen molar-refractivity contribution < 1.29 is 28.3 Å². The Bertz CT molecular complexity index is 1130. The van der Waals surface area contributed by atoms with E-state index in [1.807, 2.05) is 0 Å². The molecule has 1 atom stereocenters. The van der Waals surface area contributed by atoms with Crippen LogP contribution in [0.4, 0.5) is 5.00 Å². The fourth-order valence-electron chi connectivity index (χ4n) is 3.58. The molecule has 8 nitrogen and oxygen atoms in total. The Kier molecular flexibility index (Phi) is 5.54. The van der Waals surface area contributed by atoms with Gasteiger partial charge in [-0.2, -0.15) is 0 Å². The highest BCUT2D eigenvalue weighted by Gasteiger charge is 2.29. The summed E-state index contributed by atoms with van der Waals surface area (Å²) in [5.74, 6) is -1.18. The maximum absolute atomic E-state index is 12.4. The molecule has 30 heavy (non-hydrogen) atoms. The SMILES string of the molecule is COC(=O)c1c(NC(=O)COC(=O)c2cccc3ocnc23)sc2c1CCC(C)C2. The van der Waals surface area contributed by atoms with Crippen molar-refractivity contribution in [3.05, 3.63) is 46.2 Å². The molecule has 0 saturated carbocycles. The average Bonchev–Trinajstić information content (AvgIpc) is 3.35. The standard InChI is InChI=1S/C21H20N2O6S/c1-11-6-7-12-15(8-11)30-19(17(12)21(26)27-2)23-16(24)9-28-20(25)13-4-3-5-14-18(13)22-10-29-14/h3-5,10-11H,6-9H2,1-2H3,(H,23,24). The first-order chi connectivity index (χ1) is 14.5. The minimum atomic E-state index is -0.683. The molecule has 1 aliphatic rings. The third-order valence-corrected chi connectivity index (χ3v) is 6.24. The van der Waals surface area contributed by atoms with E-state index in [9.17, 15) is 14.4 Å². The minimum Gasteiger partial charge on any atom is -0.465 e. The number of esters is 2. The second-order valence-electron chi connectivity index (χ2n) is 7.18. The van der Waals surface area contributed by atoms with Crippen molar-refractivity contribution >= 4 is 45.3 Å². The molecule has 0 saturated heterocycles. The number of carbonyl (C=O) groups excluding carboxylic acids is 3. The molecule has 0 radical (unpaired) electrons. The monoisotopic (exact) mass is 428 g/mol. The number of oxazole rings is 1. The van der Waals surface area contributed by atoms with Gasteiger partial charge in [0.15, 0.2) is 18.6 Å². The number of nitrogens with one attached hydrogen (secondary N) is 1. The lowest BCUT2D eigenvalue weighted by Crippen LogP contribution is -2.22. The molecule has 3 aromatic rings. The van der Waals surface area contributed by atoms with Crippen molar-refractivity contribution in [2.75, 3.05) is 19.0 Å². The number of aromatic nitrogens is 1. The average molecular weight is 428 g/mol. The normalized spacial score (nSPS) is 15.5. The summed E-state index contributed by atoms with van der Waals surface area (Å²) in [6.45, 7) is 1.67. The first kappa shape index (κ1) is 20.1.